The number of aromatic amines is 1. The third kappa shape index (κ3) is 3.87. The van der Waals surface area contributed by atoms with Crippen LogP contribution in [0.2, 0.25) is 0 Å². The van der Waals surface area contributed by atoms with Crippen molar-refractivity contribution in [2.75, 3.05) is 13.7 Å². The Morgan fingerprint density at radius 3 is 2.72 bits per heavy atom. The topological polar surface area (TPSA) is 87.2 Å². The van der Waals surface area contributed by atoms with Gasteiger partial charge in [0.05, 0.1) is 25.0 Å². The Morgan fingerprint density at radius 1 is 1.24 bits per heavy atom. The number of nitrogens with one attached hydrogen (secondary N) is 2. The molecule has 0 aliphatic heterocycles. The molecular formula is C19H19N3O3. The zero-order valence-electron chi connectivity index (χ0n) is 13.8. The highest BCUT2D eigenvalue weighted by molar-refractivity contribution is 5.97. The van der Waals surface area contributed by atoms with Crippen molar-refractivity contribution < 1.29 is 14.6 Å². The summed E-state index contributed by atoms with van der Waals surface area (Å²) >= 11 is 0. The van der Waals surface area contributed by atoms with E-state index in [1.165, 1.54) is 7.11 Å². The molecule has 1 atom stereocenters. The monoisotopic (exact) mass is 337 g/mol. The quantitative estimate of drug-likeness (QED) is 0.645. The molecular weight excluding hydrogens is 318 g/mol. The van der Waals surface area contributed by atoms with Gasteiger partial charge in [0.2, 0.25) is 0 Å². The lowest BCUT2D eigenvalue weighted by Gasteiger charge is -2.14. The second-order valence-corrected chi connectivity index (χ2v) is 5.54. The van der Waals surface area contributed by atoms with Crippen molar-refractivity contribution in [1.82, 2.24) is 15.5 Å². The standard InChI is InChI=1S/C19H19N3O3/c1-25-18-9-14(15-10-21-22-11-15)7-8-16(18)19(24)20-12-17(23)13-5-3-2-4-6-13/h2-11,17,23H,12H2,1H3,(H,20,24)(H,21,22)/t17-/m1/s1. The number of aromatic nitrogens is 2. The lowest BCUT2D eigenvalue weighted by atomic mass is 10.1. The van der Waals surface area contributed by atoms with Crippen molar-refractivity contribution in [1.29, 1.82) is 0 Å². The average molecular weight is 337 g/mol. The molecule has 0 aliphatic carbocycles. The maximum absolute atomic E-state index is 12.4. The second kappa shape index (κ2) is 7.63. The summed E-state index contributed by atoms with van der Waals surface area (Å²) in [5, 5.41) is 19.6. The lowest BCUT2D eigenvalue weighted by Crippen LogP contribution is -2.28. The Hall–Kier alpha value is -3.12. The van der Waals surface area contributed by atoms with Crippen LogP contribution >= 0.6 is 0 Å². The highest BCUT2D eigenvalue weighted by Crippen LogP contribution is 2.26. The van der Waals surface area contributed by atoms with Gasteiger partial charge < -0.3 is 15.2 Å². The largest absolute Gasteiger partial charge is 0.496 e. The van der Waals surface area contributed by atoms with Gasteiger partial charge in [0.15, 0.2) is 0 Å². The molecule has 0 spiro atoms. The third-order valence-corrected chi connectivity index (χ3v) is 3.92. The van der Waals surface area contributed by atoms with Crippen LogP contribution in [0, 0.1) is 0 Å². The van der Waals surface area contributed by atoms with Crippen LogP contribution in [0.25, 0.3) is 11.1 Å². The van der Waals surface area contributed by atoms with E-state index in [2.05, 4.69) is 15.5 Å². The van der Waals surface area contributed by atoms with E-state index in [4.69, 9.17) is 4.74 Å². The van der Waals surface area contributed by atoms with Gasteiger partial charge in [-0.25, -0.2) is 0 Å². The predicted octanol–water partition coefficient (Wildman–Crippen LogP) is 2.55. The minimum Gasteiger partial charge on any atom is -0.496 e. The summed E-state index contributed by atoms with van der Waals surface area (Å²) in [6.07, 6.45) is 2.71. The van der Waals surface area contributed by atoms with Gasteiger partial charge in [-0.2, -0.15) is 5.10 Å². The van der Waals surface area contributed by atoms with E-state index in [0.29, 0.717) is 11.3 Å². The third-order valence-electron chi connectivity index (χ3n) is 3.92. The molecule has 0 fully saturated rings. The van der Waals surface area contributed by atoms with E-state index in [9.17, 15) is 9.90 Å². The first-order valence-electron chi connectivity index (χ1n) is 7.87. The molecule has 2 aromatic carbocycles. The molecule has 0 saturated heterocycles. The van der Waals surface area contributed by atoms with E-state index >= 15 is 0 Å². The first kappa shape index (κ1) is 16.7. The summed E-state index contributed by atoms with van der Waals surface area (Å²) in [5.74, 6) is 0.163. The Kier molecular flexibility index (Phi) is 5.11. The molecule has 128 valence electrons. The van der Waals surface area contributed by atoms with Crippen molar-refractivity contribution in [3.63, 3.8) is 0 Å². The van der Waals surface area contributed by atoms with Gasteiger partial charge in [0.1, 0.15) is 5.75 Å². The summed E-state index contributed by atoms with van der Waals surface area (Å²) < 4.78 is 5.34. The molecule has 0 aliphatic rings. The van der Waals surface area contributed by atoms with Gasteiger partial charge in [-0.1, -0.05) is 36.4 Å². The van der Waals surface area contributed by atoms with Crippen molar-refractivity contribution in [3.05, 3.63) is 72.1 Å². The normalized spacial score (nSPS) is 11.8. The summed E-state index contributed by atoms with van der Waals surface area (Å²) in [5.41, 5.74) is 2.97. The first-order valence-corrected chi connectivity index (χ1v) is 7.87. The molecule has 25 heavy (non-hydrogen) atoms. The van der Waals surface area contributed by atoms with E-state index in [0.717, 1.165) is 16.7 Å². The maximum atomic E-state index is 12.4. The molecule has 1 aromatic heterocycles. The van der Waals surface area contributed by atoms with E-state index in [1.54, 1.807) is 24.5 Å². The number of nitrogens with zero attached hydrogens (tertiary/aromatic N) is 1. The molecule has 3 N–H and O–H groups in total. The number of aliphatic hydroxyl groups is 1. The zero-order chi connectivity index (χ0) is 17.6. The highest BCUT2D eigenvalue weighted by Gasteiger charge is 2.15. The van der Waals surface area contributed by atoms with Crippen molar-refractivity contribution in [2.45, 2.75) is 6.10 Å². The van der Waals surface area contributed by atoms with Crippen LogP contribution in [0.1, 0.15) is 22.0 Å². The van der Waals surface area contributed by atoms with Crippen molar-refractivity contribution in [3.8, 4) is 16.9 Å². The van der Waals surface area contributed by atoms with Crippen LogP contribution in [0.4, 0.5) is 0 Å². The van der Waals surface area contributed by atoms with E-state index in [1.807, 2.05) is 36.4 Å². The van der Waals surface area contributed by atoms with Gasteiger partial charge in [0.25, 0.3) is 5.91 Å². The number of amides is 1. The number of ether oxygens (including phenoxy) is 1. The Bertz CT molecular complexity index is 832. The minimum absolute atomic E-state index is 0.121. The first-order chi connectivity index (χ1) is 12.2. The summed E-state index contributed by atoms with van der Waals surface area (Å²) in [4.78, 5) is 12.4. The molecule has 0 bridgehead atoms. The molecule has 6 nitrogen and oxygen atoms in total. The van der Waals surface area contributed by atoms with Gasteiger partial charge in [-0.05, 0) is 23.3 Å². The molecule has 1 heterocycles. The van der Waals surface area contributed by atoms with Crippen molar-refractivity contribution >= 4 is 5.91 Å². The fraction of sp³-hybridized carbons (Fsp3) is 0.158. The number of benzene rings is 2. The van der Waals surface area contributed by atoms with Crippen molar-refractivity contribution in [2.24, 2.45) is 0 Å². The highest BCUT2D eigenvalue weighted by atomic mass is 16.5. The molecule has 0 unspecified atom stereocenters. The fourth-order valence-corrected chi connectivity index (χ4v) is 2.54. The summed E-state index contributed by atoms with van der Waals surface area (Å²) in [7, 11) is 1.52. The fourth-order valence-electron chi connectivity index (χ4n) is 2.54. The number of H-pyrrole nitrogens is 1. The molecule has 1 amide bonds. The van der Waals surface area contributed by atoms with Crippen LogP contribution in [0.15, 0.2) is 60.9 Å². The number of carbonyl (C=O) groups is 1. The molecule has 0 radical (unpaired) electrons. The predicted molar refractivity (Wildman–Crippen MR) is 94.3 cm³/mol. The number of hydrogen-bond acceptors (Lipinski definition) is 4. The van der Waals surface area contributed by atoms with Crippen LogP contribution in [0.5, 0.6) is 5.75 Å². The van der Waals surface area contributed by atoms with Gasteiger partial charge >= 0.3 is 0 Å². The Balaban J connectivity index is 1.71. The molecule has 3 rings (SSSR count). The Morgan fingerprint density at radius 2 is 2.04 bits per heavy atom. The molecule has 0 saturated carbocycles. The molecule has 6 heteroatoms. The van der Waals surface area contributed by atoms with Crippen LogP contribution in [-0.2, 0) is 0 Å². The van der Waals surface area contributed by atoms with E-state index in [-0.39, 0.29) is 12.5 Å². The lowest BCUT2D eigenvalue weighted by molar-refractivity contribution is 0.0913. The number of carbonyl (C=O) groups excluding carboxylic acids is 1. The van der Waals surface area contributed by atoms with Gasteiger partial charge in [-0.3, -0.25) is 9.89 Å². The second-order valence-electron chi connectivity index (χ2n) is 5.54. The van der Waals surface area contributed by atoms with Crippen LogP contribution in [0.3, 0.4) is 0 Å². The number of rotatable bonds is 6. The average Bonchev–Trinajstić information content (AvgIpc) is 3.20. The van der Waals surface area contributed by atoms with E-state index < -0.39 is 6.10 Å². The summed E-state index contributed by atoms with van der Waals surface area (Å²) in [6.45, 7) is 0.121. The minimum atomic E-state index is -0.763. The van der Waals surface area contributed by atoms with Crippen LogP contribution < -0.4 is 10.1 Å². The molecule has 3 aromatic rings. The number of hydrogen-bond donors (Lipinski definition) is 3. The van der Waals surface area contributed by atoms with Gasteiger partial charge in [0, 0.05) is 18.3 Å². The number of methoxy groups -OCH3 is 1. The number of aliphatic hydroxyl groups excluding tert-OH is 1. The zero-order valence-corrected chi connectivity index (χ0v) is 13.8. The summed E-state index contributed by atoms with van der Waals surface area (Å²) in [6, 6.07) is 14.5. The smallest absolute Gasteiger partial charge is 0.255 e. The van der Waals surface area contributed by atoms with Crippen LogP contribution in [-0.4, -0.2) is 34.9 Å². The maximum Gasteiger partial charge on any atom is 0.255 e. The Labute approximate surface area is 145 Å². The SMILES string of the molecule is COc1cc(-c2cn[nH]c2)ccc1C(=O)NC[C@@H](O)c1ccccc1. The van der Waals surface area contributed by atoms with Gasteiger partial charge in [-0.15, -0.1) is 0 Å².